The lowest BCUT2D eigenvalue weighted by atomic mass is 10.3. The van der Waals surface area contributed by atoms with E-state index in [4.69, 9.17) is 23.2 Å². The lowest BCUT2D eigenvalue weighted by Crippen LogP contribution is -2.41. The number of hydrogen-bond acceptors (Lipinski definition) is 3. The van der Waals surface area contributed by atoms with Crippen LogP contribution in [0, 0.1) is 5.21 Å². The van der Waals surface area contributed by atoms with Crippen LogP contribution in [0.1, 0.15) is 10.5 Å². The van der Waals surface area contributed by atoms with Crippen molar-refractivity contribution in [3.05, 3.63) is 33.2 Å². The zero-order valence-electron chi connectivity index (χ0n) is 5.58. The van der Waals surface area contributed by atoms with E-state index < -0.39 is 11.7 Å². The lowest BCUT2D eigenvalue weighted by molar-refractivity contribution is -0.608. The number of carbonyl (C=O) groups excluding carboxylic acids is 1. The van der Waals surface area contributed by atoms with Gasteiger partial charge in [-0.25, -0.2) is 0 Å². The van der Waals surface area contributed by atoms with Gasteiger partial charge < -0.3 is 15.1 Å². The SMILES string of the molecule is O=C([O-])c1c(Cl)ccc(Cl)[n+]1[O-]. The quantitative estimate of drug-likeness (QED) is 0.369. The number of carboxylic acids is 1. The standard InChI is InChI=1S/C6H3Cl2NO3/c7-3-1-2-4(8)9(12)5(3)6(10)11/h1-2H,(H,10,11)/p-1. The van der Waals surface area contributed by atoms with Gasteiger partial charge in [0.05, 0.1) is 0 Å². The molecule has 0 radical (unpaired) electrons. The zero-order valence-corrected chi connectivity index (χ0v) is 7.09. The molecule has 0 aliphatic rings. The molecule has 1 aromatic rings. The number of aromatic nitrogens is 1. The third-order valence-corrected chi connectivity index (χ3v) is 1.77. The molecular weight excluding hydrogens is 205 g/mol. The molecule has 0 aromatic carbocycles. The van der Waals surface area contributed by atoms with Gasteiger partial charge in [0, 0.05) is 6.07 Å². The maximum absolute atomic E-state index is 10.9. The van der Waals surface area contributed by atoms with E-state index in [1.807, 2.05) is 0 Å². The Balaban J connectivity index is 3.43. The molecule has 0 bridgehead atoms. The summed E-state index contributed by atoms with van der Waals surface area (Å²) >= 11 is 10.7. The number of rotatable bonds is 1. The second kappa shape index (κ2) is 3.16. The average molecular weight is 207 g/mol. The number of carboxylic acid groups (broad SMARTS) is 1. The molecule has 0 spiro atoms. The van der Waals surface area contributed by atoms with Crippen molar-refractivity contribution in [3.63, 3.8) is 0 Å². The van der Waals surface area contributed by atoms with Gasteiger partial charge in [-0.2, -0.15) is 4.73 Å². The van der Waals surface area contributed by atoms with Crippen LogP contribution in [-0.2, 0) is 0 Å². The summed E-state index contributed by atoms with van der Waals surface area (Å²) in [6, 6.07) is 2.41. The molecule has 1 heterocycles. The third kappa shape index (κ3) is 1.44. The summed E-state index contributed by atoms with van der Waals surface area (Å²) in [7, 11) is 0. The highest BCUT2D eigenvalue weighted by Gasteiger charge is 2.15. The fourth-order valence-corrected chi connectivity index (χ4v) is 1.04. The van der Waals surface area contributed by atoms with Crippen molar-refractivity contribution >= 4 is 29.2 Å². The summed E-state index contributed by atoms with van der Waals surface area (Å²) in [6.45, 7) is 0. The van der Waals surface area contributed by atoms with Crippen LogP contribution in [0.5, 0.6) is 0 Å². The van der Waals surface area contributed by atoms with Gasteiger partial charge in [-0.1, -0.05) is 11.6 Å². The van der Waals surface area contributed by atoms with Crippen LogP contribution >= 0.6 is 23.2 Å². The molecule has 0 saturated carbocycles. The molecule has 12 heavy (non-hydrogen) atoms. The van der Waals surface area contributed by atoms with Gasteiger partial charge in [0.2, 0.25) is 0 Å². The van der Waals surface area contributed by atoms with Crippen molar-refractivity contribution < 1.29 is 14.6 Å². The van der Waals surface area contributed by atoms with Crippen molar-refractivity contribution in [2.45, 2.75) is 0 Å². The Morgan fingerprint density at radius 1 is 1.42 bits per heavy atom. The van der Waals surface area contributed by atoms with Crippen LogP contribution in [0.15, 0.2) is 12.1 Å². The molecule has 0 aliphatic carbocycles. The molecule has 6 heteroatoms. The Hall–Kier alpha value is -1.00. The molecule has 0 N–H and O–H groups in total. The van der Waals surface area contributed by atoms with Gasteiger partial charge in [-0.15, -0.1) is 0 Å². The van der Waals surface area contributed by atoms with Crippen molar-refractivity contribution in [3.8, 4) is 0 Å². The van der Waals surface area contributed by atoms with Gasteiger partial charge in [-0.05, 0) is 17.7 Å². The second-order valence-electron chi connectivity index (χ2n) is 1.93. The van der Waals surface area contributed by atoms with Crippen molar-refractivity contribution in [1.29, 1.82) is 0 Å². The third-order valence-electron chi connectivity index (χ3n) is 1.18. The molecule has 0 amide bonds. The Morgan fingerprint density at radius 3 is 2.42 bits per heavy atom. The van der Waals surface area contributed by atoms with E-state index in [1.165, 1.54) is 12.1 Å². The number of aromatic carboxylic acids is 1. The highest BCUT2D eigenvalue weighted by atomic mass is 35.5. The summed E-state index contributed by atoms with van der Waals surface area (Å²) in [4.78, 5) is 10.3. The molecule has 1 aromatic heterocycles. The van der Waals surface area contributed by atoms with Gasteiger partial charge in [0.1, 0.15) is 11.0 Å². The van der Waals surface area contributed by atoms with Crippen molar-refractivity contribution in [2.75, 3.05) is 0 Å². The largest absolute Gasteiger partial charge is 0.617 e. The zero-order chi connectivity index (χ0) is 9.30. The fourth-order valence-electron chi connectivity index (χ4n) is 0.673. The normalized spacial score (nSPS) is 9.83. The summed E-state index contributed by atoms with van der Waals surface area (Å²) in [5.74, 6) is -1.66. The van der Waals surface area contributed by atoms with Crippen LogP contribution < -0.4 is 9.84 Å². The Kier molecular flexibility index (Phi) is 2.40. The Labute approximate surface area is 77.5 Å². The minimum Gasteiger partial charge on any atom is -0.617 e. The summed E-state index contributed by atoms with van der Waals surface area (Å²) in [6.07, 6.45) is 0. The highest BCUT2D eigenvalue weighted by molar-refractivity contribution is 6.33. The molecule has 0 fully saturated rings. The maximum Gasteiger partial charge on any atom is 0.286 e. The number of nitrogens with zero attached hydrogens (tertiary/aromatic N) is 1. The minimum atomic E-state index is -1.66. The smallest absolute Gasteiger partial charge is 0.286 e. The van der Waals surface area contributed by atoms with Crippen LogP contribution in [0.2, 0.25) is 10.2 Å². The molecule has 0 unspecified atom stereocenters. The van der Waals surface area contributed by atoms with Crippen molar-refractivity contribution in [1.82, 2.24) is 0 Å². The molecule has 0 saturated heterocycles. The van der Waals surface area contributed by atoms with E-state index in [0.29, 0.717) is 0 Å². The summed E-state index contributed by atoms with van der Waals surface area (Å²) in [5, 5.41) is 20.8. The molecule has 4 nitrogen and oxygen atoms in total. The predicted molar refractivity (Wildman–Crippen MR) is 39.8 cm³/mol. The molecule has 0 atom stereocenters. The minimum absolute atomic E-state index is 0.000772. The van der Waals surface area contributed by atoms with Gasteiger partial charge in [0.25, 0.3) is 10.8 Å². The number of pyridine rings is 1. The molecule has 64 valence electrons. The predicted octanol–water partition coefficient (Wildman–Crippen LogP) is -0.00970. The van der Waals surface area contributed by atoms with E-state index in [1.54, 1.807) is 0 Å². The summed E-state index contributed by atoms with van der Waals surface area (Å²) in [5.41, 5.74) is -0.677. The first-order valence-electron chi connectivity index (χ1n) is 2.83. The maximum atomic E-state index is 10.9. The second-order valence-corrected chi connectivity index (χ2v) is 2.73. The van der Waals surface area contributed by atoms with Crippen LogP contribution in [-0.4, -0.2) is 5.97 Å². The molecule has 1 rings (SSSR count). The molecular formula is C6H2Cl2NO3-. The van der Waals surface area contributed by atoms with Gasteiger partial charge >= 0.3 is 0 Å². The number of hydrogen-bond donors (Lipinski definition) is 0. The van der Waals surface area contributed by atoms with E-state index in [-0.39, 0.29) is 14.9 Å². The highest BCUT2D eigenvalue weighted by Crippen LogP contribution is 2.13. The first-order valence-corrected chi connectivity index (χ1v) is 3.58. The lowest BCUT2D eigenvalue weighted by Gasteiger charge is -2.06. The summed E-state index contributed by atoms with van der Waals surface area (Å²) < 4.78 is -0.000772. The monoisotopic (exact) mass is 206 g/mol. The Bertz CT molecular complexity index is 340. The van der Waals surface area contributed by atoms with E-state index in [9.17, 15) is 15.1 Å². The van der Waals surface area contributed by atoms with Crippen LogP contribution in [0.3, 0.4) is 0 Å². The fraction of sp³-hybridized carbons (Fsp3) is 0. The molecule has 0 aliphatic heterocycles. The van der Waals surface area contributed by atoms with Gasteiger partial charge in [-0.3, -0.25) is 0 Å². The number of carbonyl (C=O) groups is 1. The number of halogens is 2. The first kappa shape index (κ1) is 9.09. The van der Waals surface area contributed by atoms with Crippen molar-refractivity contribution in [2.24, 2.45) is 0 Å². The van der Waals surface area contributed by atoms with Crippen LogP contribution in [0.25, 0.3) is 0 Å². The average Bonchev–Trinajstić information content (AvgIpc) is 1.97. The Morgan fingerprint density at radius 2 is 2.00 bits per heavy atom. The van der Waals surface area contributed by atoms with E-state index in [2.05, 4.69) is 0 Å². The van der Waals surface area contributed by atoms with Crippen LogP contribution in [0.4, 0.5) is 0 Å². The first-order chi connectivity index (χ1) is 5.54. The van der Waals surface area contributed by atoms with E-state index >= 15 is 0 Å². The van der Waals surface area contributed by atoms with E-state index in [0.717, 1.165) is 0 Å². The topological polar surface area (TPSA) is 67.1 Å². The van der Waals surface area contributed by atoms with Gasteiger partial charge in [0.15, 0.2) is 0 Å².